The SMILES string of the molecule is CCNc1nnc(-c2cccs2)n1CC. The molecule has 2 aromatic rings. The third-order valence-corrected chi connectivity index (χ3v) is 3.01. The lowest BCUT2D eigenvalue weighted by Gasteiger charge is -2.06. The lowest BCUT2D eigenvalue weighted by Crippen LogP contribution is -2.06. The van der Waals surface area contributed by atoms with Crippen LogP contribution in [0.1, 0.15) is 13.8 Å². The minimum atomic E-state index is 0.850. The van der Waals surface area contributed by atoms with E-state index >= 15 is 0 Å². The summed E-state index contributed by atoms with van der Waals surface area (Å²) in [5.41, 5.74) is 0. The number of nitrogens with zero attached hydrogens (tertiary/aromatic N) is 3. The van der Waals surface area contributed by atoms with Gasteiger partial charge in [0.05, 0.1) is 4.88 Å². The molecule has 2 aromatic heterocycles. The normalized spacial score (nSPS) is 10.5. The van der Waals surface area contributed by atoms with Crippen LogP contribution in [0.3, 0.4) is 0 Å². The van der Waals surface area contributed by atoms with E-state index in [4.69, 9.17) is 0 Å². The Labute approximate surface area is 93.0 Å². The average Bonchev–Trinajstić information content (AvgIpc) is 2.85. The lowest BCUT2D eigenvalue weighted by molar-refractivity contribution is 0.771. The van der Waals surface area contributed by atoms with E-state index in [9.17, 15) is 0 Å². The number of aromatic nitrogens is 3. The monoisotopic (exact) mass is 222 g/mol. The van der Waals surface area contributed by atoms with Crippen molar-refractivity contribution in [1.29, 1.82) is 0 Å². The average molecular weight is 222 g/mol. The highest BCUT2D eigenvalue weighted by Crippen LogP contribution is 2.24. The molecule has 1 N–H and O–H groups in total. The molecule has 0 unspecified atom stereocenters. The number of anilines is 1. The first-order valence-electron chi connectivity index (χ1n) is 5.07. The van der Waals surface area contributed by atoms with E-state index in [-0.39, 0.29) is 0 Å². The molecule has 0 spiro atoms. The predicted molar refractivity (Wildman–Crippen MR) is 63.2 cm³/mol. The number of rotatable bonds is 4. The molecule has 80 valence electrons. The van der Waals surface area contributed by atoms with Gasteiger partial charge in [0, 0.05) is 13.1 Å². The van der Waals surface area contributed by atoms with Crippen LogP contribution in [0.4, 0.5) is 5.95 Å². The zero-order chi connectivity index (χ0) is 10.7. The van der Waals surface area contributed by atoms with Gasteiger partial charge in [-0.3, -0.25) is 4.57 Å². The van der Waals surface area contributed by atoms with Crippen molar-refractivity contribution in [2.75, 3.05) is 11.9 Å². The Morgan fingerprint density at radius 1 is 1.40 bits per heavy atom. The fraction of sp³-hybridized carbons (Fsp3) is 0.400. The second kappa shape index (κ2) is 4.44. The lowest BCUT2D eigenvalue weighted by atomic mass is 10.4. The van der Waals surface area contributed by atoms with Gasteiger partial charge in [-0.1, -0.05) is 6.07 Å². The molecule has 0 aliphatic carbocycles. The Morgan fingerprint density at radius 3 is 2.87 bits per heavy atom. The standard InChI is InChI=1S/C10H14N4S/c1-3-11-10-13-12-9(14(10)4-2)8-6-5-7-15-8/h5-7H,3-4H2,1-2H3,(H,11,13). The van der Waals surface area contributed by atoms with Crippen LogP contribution < -0.4 is 5.32 Å². The molecule has 0 aliphatic heterocycles. The smallest absolute Gasteiger partial charge is 0.224 e. The molecule has 0 amide bonds. The highest BCUT2D eigenvalue weighted by atomic mass is 32.1. The number of thiophene rings is 1. The van der Waals surface area contributed by atoms with Crippen LogP contribution in [-0.4, -0.2) is 21.3 Å². The first-order chi connectivity index (χ1) is 7.36. The molecule has 4 nitrogen and oxygen atoms in total. The fourth-order valence-corrected chi connectivity index (χ4v) is 2.20. The molecule has 0 saturated carbocycles. The first-order valence-corrected chi connectivity index (χ1v) is 5.95. The highest BCUT2D eigenvalue weighted by Gasteiger charge is 2.11. The molecule has 0 atom stereocenters. The molecule has 0 bridgehead atoms. The van der Waals surface area contributed by atoms with Gasteiger partial charge >= 0.3 is 0 Å². The van der Waals surface area contributed by atoms with Gasteiger partial charge in [-0.25, -0.2) is 0 Å². The third kappa shape index (κ3) is 1.87. The van der Waals surface area contributed by atoms with Crippen LogP contribution in [0.15, 0.2) is 17.5 Å². The Morgan fingerprint density at radius 2 is 2.27 bits per heavy atom. The summed E-state index contributed by atoms with van der Waals surface area (Å²) in [7, 11) is 0. The molecule has 0 aliphatic rings. The van der Waals surface area contributed by atoms with Crippen LogP contribution in [0.2, 0.25) is 0 Å². The number of hydrogen-bond acceptors (Lipinski definition) is 4. The zero-order valence-electron chi connectivity index (χ0n) is 8.90. The molecule has 2 heterocycles. The molecule has 2 rings (SSSR count). The van der Waals surface area contributed by atoms with Gasteiger partial charge in [0.15, 0.2) is 5.82 Å². The van der Waals surface area contributed by atoms with Gasteiger partial charge in [0.2, 0.25) is 5.95 Å². The van der Waals surface area contributed by atoms with Gasteiger partial charge in [-0.15, -0.1) is 21.5 Å². The van der Waals surface area contributed by atoms with E-state index in [0.29, 0.717) is 0 Å². The first kappa shape index (κ1) is 10.2. The molecule has 0 radical (unpaired) electrons. The second-order valence-electron chi connectivity index (χ2n) is 3.10. The largest absolute Gasteiger partial charge is 0.355 e. The summed E-state index contributed by atoms with van der Waals surface area (Å²) in [5.74, 6) is 1.80. The molecule has 0 fully saturated rings. The minimum Gasteiger partial charge on any atom is -0.355 e. The van der Waals surface area contributed by atoms with Gasteiger partial charge in [0.1, 0.15) is 0 Å². The van der Waals surface area contributed by atoms with Crippen LogP contribution in [0, 0.1) is 0 Å². The molecule has 5 heteroatoms. The maximum Gasteiger partial charge on any atom is 0.224 e. The number of nitrogens with one attached hydrogen (secondary N) is 1. The van der Waals surface area contributed by atoms with Crippen LogP contribution >= 0.6 is 11.3 Å². The molecule has 15 heavy (non-hydrogen) atoms. The summed E-state index contributed by atoms with van der Waals surface area (Å²) in [5, 5.41) is 13.6. The third-order valence-electron chi connectivity index (χ3n) is 2.14. The van der Waals surface area contributed by atoms with Crippen molar-refractivity contribution < 1.29 is 0 Å². The van der Waals surface area contributed by atoms with E-state index in [1.165, 1.54) is 0 Å². The molecule has 0 saturated heterocycles. The van der Waals surface area contributed by atoms with Crippen molar-refractivity contribution in [1.82, 2.24) is 14.8 Å². The van der Waals surface area contributed by atoms with Crippen molar-refractivity contribution in [3.05, 3.63) is 17.5 Å². The van der Waals surface area contributed by atoms with E-state index in [1.54, 1.807) is 11.3 Å². The minimum absolute atomic E-state index is 0.850. The summed E-state index contributed by atoms with van der Waals surface area (Å²) in [4.78, 5) is 1.16. The van der Waals surface area contributed by atoms with Crippen LogP contribution in [0.5, 0.6) is 0 Å². The molecule has 0 aromatic carbocycles. The summed E-state index contributed by atoms with van der Waals surface area (Å²) < 4.78 is 2.09. The van der Waals surface area contributed by atoms with Gasteiger partial charge < -0.3 is 5.32 Å². The predicted octanol–water partition coefficient (Wildman–Crippen LogP) is 2.46. The fourth-order valence-electron chi connectivity index (χ4n) is 1.48. The molecular formula is C10H14N4S. The van der Waals surface area contributed by atoms with Gasteiger partial charge in [-0.2, -0.15) is 0 Å². The summed E-state index contributed by atoms with van der Waals surface area (Å²) in [6.07, 6.45) is 0. The summed E-state index contributed by atoms with van der Waals surface area (Å²) in [6, 6.07) is 4.10. The van der Waals surface area contributed by atoms with Gasteiger partial charge in [-0.05, 0) is 25.3 Å². The van der Waals surface area contributed by atoms with Crippen LogP contribution in [0.25, 0.3) is 10.7 Å². The quantitative estimate of drug-likeness (QED) is 0.864. The number of hydrogen-bond donors (Lipinski definition) is 1. The summed E-state index contributed by atoms with van der Waals surface area (Å²) >= 11 is 1.69. The maximum atomic E-state index is 4.21. The second-order valence-corrected chi connectivity index (χ2v) is 4.05. The Balaban J connectivity index is 2.40. The van der Waals surface area contributed by atoms with Crippen molar-refractivity contribution in [3.63, 3.8) is 0 Å². The van der Waals surface area contributed by atoms with Crippen molar-refractivity contribution >= 4 is 17.3 Å². The summed E-state index contributed by atoms with van der Waals surface area (Å²) in [6.45, 7) is 5.89. The Hall–Kier alpha value is -1.36. The maximum absolute atomic E-state index is 4.21. The van der Waals surface area contributed by atoms with E-state index in [0.717, 1.165) is 29.7 Å². The van der Waals surface area contributed by atoms with E-state index in [1.807, 2.05) is 6.07 Å². The van der Waals surface area contributed by atoms with Gasteiger partial charge in [0.25, 0.3) is 0 Å². The van der Waals surface area contributed by atoms with Crippen molar-refractivity contribution in [2.24, 2.45) is 0 Å². The highest BCUT2D eigenvalue weighted by molar-refractivity contribution is 7.13. The Bertz CT molecular complexity index is 419. The zero-order valence-corrected chi connectivity index (χ0v) is 9.71. The van der Waals surface area contributed by atoms with E-state index in [2.05, 4.69) is 45.4 Å². The topological polar surface area (TPSA) is 42.7 Å². The van der Waals surface area contributed by atoms with Crippen molar-refractivity contribution in [3.8, 4) is 10.7 Å². The Kier molecular flexibility index (Phi) is 3.01. The van der Waals surface area contributed by atoms with Crippen LogP contribution in [-0.2, 0) is 6.54 Å². The molecular weight excluding hydrogens is 208 g/mol. The van der Waals surface area contributed by atoms with Crippen molar-refractivity contribution in [2.45, 2.75) is 20.4 Å². The van der Waals surface area contributed by atoms with E-state index < -0.39 is 0 Å².